The highest BCUT2D eigenvalue weighted by Gasteiger charge is 2.21. The number of nitrogens with zero attached hydrogens (tertiary/aromatic N) is 4. The third kappa shape index (κ3) is 4.28. The second-order valence-corrected chi connectivity index (χ2v) is 7.05. The quantitative estimate of drug-likeness (QED) is 0.504. The van der Waals surface area contributed by atoms with Gasteiger partial charge in [-0.3, -0.25) is 19.8 Å². The normalized spacial score (nSPS) is 11.0. The molecule has 0 bridgehead atoms. The van der Waals surface area contributed by atoms with Crippen LogP contribution in [0.2, 0.25) is 0 Å². The summed E-state index contributed by atoms with van der Waals surface area (Å²) in [6.45, 7) is 1.30. The molecule has 2 amide bonds. The van der Waals surface area contributed by atoms with Crippen LogP contribution in [0.1, 0.15) is 12.6 Å². The molecule has 1 N–H and O–H groups in total. The highest BCUT2D eigenvalue weighted by molar-refractivity contribution is 7.14. The fourth-order valence-corrected chi connectivity index (χ4v) is 3.59. The third-order valence-corrected chi connectivity index (χ3v) is 4.95. The fraction of sp³-hybridized carbons (Fsp3) is 0.0556. The number of benzene rings is 1. The van der Waals surface area contributed by atoms with Gasteiger partial charge in [-0.25, -0.2) is 14.4 Å². The largest absolute Gasteiger partial charge is 0.297 e. The SMILES string of the molecule is CC(=O)N(c1nc(/C=C(\C#N)C(=O)Nc2nccs2)cs1)c1ccccc1F. The lowest BCUT2D eigenvalue weighted by atomic mass is 10.2. The summed E-state index contributed by atoms with van der Waals surface area (Å²) in [6.07, 6.45) is 2.82. The van der Waals surface area contributed by atoms with Crippen molar-refractivity contribution in [2.45, 2.75) is 6.92 Å². The van der Waals surface area contributed by atoms with Crippen LogP contribution >= 0.6 is 22.7 Å². The van der Waals surface area contributed by atoms with Gasteiger partial charge in [0.25, 0.3) is 5.91 Å². The maximum absolute atomic E-state index is 14.1. The molecule has 1 aromatic carbocycles. The lowest BCUT2D eigenvalue weighted by molar-refractivity contribution is -0.116. The number of thiazole rings is 2. The summed E-state index contributed by atoms with van der Waals surface area (Å²) in [5.74, 6) is -1.60. The number of nitriles is 1. The second kappa shape index (κ2) is 8.51. The first-order chi connectivity index (χ1) is 13.5. The Morgan fingerprint density at radius 2 is 2.11 bits per heavy atom. The first kappa shape index (κ1) is 19.3. The van der Waals surface area contributed by atoms with E-state index in [1.54, 1.807) is 16.8 Å². The van der Waals surface area contributed by atoms with Crippen molar-refractivity contribution in [2.24, 2.45) is 0 Å². The minimum atomic E-state index is -0.621. The molecule has 10 heteroatoms. The predicted octanol–water partition coefficient (Wildman–Crippen LogP) is 3.97. The van der Waals surface area contributed by atoms with Crippen LogP contribution in [0.15, 0.2) is 46.8 Å². The number of para-hydroxylation sites is 1. The van der Waals surface area contributed by atoms with Crippen LogP contribution in [0, 0.1) is 17.1 Å². The summed E-state index contributed by atoms with van der Waals surface area (Å²) >= 11 is 2.31. The minimum Gasteiger partial charge on any atom is -0.297 e. The van der Waals surface area contributed by atoms with Gasteiger partial charge in [0.2, 0.25) is 5.91 Å². The van der Waals surface area contributed by atoms with Crippen LogP contribution < -0.4 is 10.2 Å². The number of aromatic nitrogens is 2. The predicted molar refractivity (Wildman–Crippen MR) is 106 cm³/mol. The summed E-state index contributed by atoms with van der Waals surface area (Å²) in [5.41, 5.74) is 0.197. The Hall–Kier alpha value is -3.42. The van der Waals surface area contributed by atoms with Crippen LogP contribution in [0.25, 0.3) is 6.08 Å². The Morgan fingerprint density at radius 3 is 2.75 bits per heavy atom. The molecule has 0 aliphatic carbocycles. The smallest absolute Gasteiger partial charge is 0.268 e. The summed E-state index contributed by atoms with van der Waals surface area (Å²) in [4.78, 5) is 33.6. The second-order valence-electron chi connectivity index (χ2n) is 5.32. The van der Waals surface area contributed by atoms with Gasteiger partial charge in [-0.1, -0.05) is 12.1 Å². The lowest BCUT2D eigenvalue weighted by Crippen LogP contribution is -2.23. The highest BCUT2D eigenvalue weighted by atomic mass is 32.1. The van der Waals surface area contributed by atoms with Gasteiger partial charge in [0.05, 0.1) is 11.4 Å². The molecule has 2 heterocycles. The van der Waals surface area contributed by atoms with Crippen molar-refractivity contribution in [3.05, 3.63) is 58.3 Å². The minimum absolute atomic E-state index is 0.0712. The first-order valence-corrected chi connectivity index (χ1v) is 9.59. The average Bonchev–Trinajstić information content (AvgIpc) is 3.33. The van der Waals surface area contributed by atoms with Crippen molar-refractivity contribution in [2.75, 3.05) is 10.2 Å². The van der Waals surface area contributed by atoms with E-state index in [4.69, 9.17) is 0 Å². The van der Waals surface area contributed by atoms with Gasteiger partial charge in [-0.05, 0) is 18.2 Å². The Bertz CT molecular complexity index is 1090. The molecule has 0 unspecified atom stereocenters. The average molecular weight is 413 g/mol. The molecular formula is C18H12FN5O2S2. The highest BCUT2D eigenvalue weighted by Crippen LogP contribution is 2.31. The van der Waals surface area contributed by atoms with Crippen LogP contribution in [0.4, 0.5) is 20.3 Å². The van der Waals surface area contributed by atoms with Crippen LogP contribution in [-0.4, -0.2) is 21.8 Å². The molecule has 3 rings (SSSR count). The topological polar surface area (TPSA) is 99.0 Å². The van der Waals surface area contributed by atoms with E-state index in [-0.39, 0.29) is 16.4 Å². The number of nitrogens with one attached hydrogen (secondary N) is 1. The van der Waals surface area contributed by atoms with Crippen molar-refractivity contribution in [1.29, 1.82) is 5.26 Å². The zero-order chi connectivity index (χ0) is 20.1. The van der Waals surface area contributed by atoms with Crippen molar-refractivity contribution in [3.63, 3.8) is 0 Å². The third-order valence-electron chi connectivity index (χ3n) is 3.42. The molecule has 0 aliphatic rings. The monoisotopic (exact) mass is 413 g/mol. The van der Waals surface area contributed by atoms with E-state index in [0.29, 0.717) is 10.8 Å². The van der Waals surface area contributed by atoms with Crippen LogP contribution in [-0.2, 0) is 9.59 Å². The maximum atomic E-state index is 14.1. The lowest BCUT2D eigenvalue weighted by Gasteiger charge is -2.18. The molecule has 3 aromatic rings. The van der Waals surface area contributed by atoms with Crippen molar-refractivity contribution in [3.8, 4) is 6.07 Å². The molecule has 2 aromatic heterocycles. The van der Waals surface area contributed by atoms with Gasteiger partial charge in [-0.2, -0.15) is 5.26 Å². The Balaban J connectivity index is 1.88. The number of hydrogen-bond acceptors (Lipinski definition) is 7. The molecule has 0 aliphatic heterocycles. The van der Waals surface area contributed by atoms with Crippen molar-refractivity contribution >= 4 is 56.5 Å². The zero-order valence-electron chi connectivity index (χ0n) is 14.4. The number of carbonyl (C=O) groups excluding carboxylic acids is 2. The molecule has 0 spiro atoms. The summed E-state index contributed by atoms with van der Waals surface area (Å²) < 4.78 is 14.1. The molecule has 7 nitrogen and oxygen atoms in total. The van der Waals surface area contributed by atoms with Gasteiger partial charge in [0.15, 0.2) is 10.3 Å². The number of halogens is 1. The Labute approximate surface area is 167 Å². The molecule has 0 atom stereocenters. The van der Waals surface area contributed by atoms with E-state index >= 15 is 0 Å². The number of amides is 2. The molecular weight excluding hydrogens is 401 g/mol. The first-order valence-electron chi connectivity index (χ1n) is 7.83. The Morgan fingerprint density at radius 1 is 1.32 bits per heavy atom. The zero-order valence-corrected chi connectivity index (χ0v) is 16.1. The maximum Gasteiger partial charge on any atom is 0.268 e. The molecule has 0 saturated heterocycles. The standard InChI is InChI=1S/C18H12FN5O2S2/c1-11(25)24(15-5-3-2-4-14(15)19)18-22-13(10-28-18)8-12(9-20)16(26)23-17-21-6-7-27-17/h2-8,10H,1H3,(H,21,23,26)/b12-8+. The van der Waals surface area contributed by atoms with Gasteiger partial charge in [0.1, 0.15) is 17.5 Å². The summed E-state index contributed by atoms with van der Waals surface area (Å²) in [6, 6.07) is 7.66. The van der Waals surface area contributed by atoms with E-state index in [9.17, 15) is 19.2 Å². The van der Waals surface area contributed by atoms with Crippen LogP contribution in [0.3, 0.4) is 0 Å². The summed E-state index contributed by atoms with van der Waals surface area (Å²) in [5, 5.41) is 15.6. The van der Waals surface area contributed by atoms with Gasteiger partial charge in [0, 0.05) is 23.9 Å². The van der Waals surface area contributed by atoms with Crippen molar-refractivity contribution < 1.29 is 14.0 Å². The number of anilines is 3. The van der Waals surface area contributed by atoms with Crippen molar-refractivity contribution in [1.82, 2.24) is 9.97 Å². The molecule has 28 heavy (non-hydrogen) atoms. The number of carbonyl (C=O) groups is 2. The van der Waals surface area contributed by atoms with E-state index in [1.807, 2.05) is 6.07 Å². The molecule has 0 radical (unpaired) electrons. The van der Waals surface area contributed by atoms with E-state index in [0.717, 1.165) is 16.2 Å². The van der Waals surface area contributed by atoms with E-state index in [2.05, 4.69) is 15.3 Å². The van der Waals surface area contributed by atoms with Gasteiger partial charge in [-0.15, -0.1) is 22.7 Å². The van der Waals surface area contributed by atoms with Crippen LogP contribution in [0.5, 0.6) is 0 Å². The molecule has 0 saturated carbocycles. The summed E-state index contributed by atoms with van der Waals surface area (Å²) in [7, 11) is 0. The van der Waals surface area contributed by atoms with Gasteiger partial charge < -0.3 is 0 Å². The number of rotatable bonds is 5. The number of hydrogen-bond donors (Lipinski definition) is 1. The molecule has 0 fully saturated rings. The van der Waals surface area contributed by atoms with E-state index < -0.39 is 17.6 Å². The van der Waals surface area contributed by atoms with E-state index in [1.165, 1.54) is 48.7 Å². The Kier molecular flexibility index (Phi) is 5.88. The van der Waals surface area contributed by atoms with Gasteiger partial charge >= 0.3 is 0 Å². The molecule has 140 valence electrons. The fourth-order valence-electron chi connectivity index (χ4n) is 2.23.